The van der Waals surface area contributed by atoms with Gasteiger partial charge in [-0.2, -0.15) is 0 Å². The van der Waals surface area contributed by atoms with Gasteiger partial charge in [0.25, 0.3) is 0 Å². The molecule has 0 atom stereocenters. The Morgan fingerprint density at radius 2 is 1.61 bits per heavy atom. The van der Waals surface area contributed by atoms with Crippen LogP contribution in [0.15, 0.2) is 75.9 Å². The van der Waals surface area contributed by atoms with Gasteiger partial charge in [0.05, 0.1) is 5.39 Å². The van der Waals surface area contributed by atoms with Gasteiger partial charge in [0, 0.05) is 17.5 Å². The fraction of sp³-hybridized carbons (Fsp3) is 0.185. The minimum atomic E-state index is -0.346. The van der Waals surface area contributed by atoms with Crippen LogP contribution in [0.5, 0.6) is 5.75 Å². The number of rotatable bonds is 6. The number of aryl methyl sites for hydroxylation is 3. The van der Waals surface area contributed by atoms with E-state index in [1.807, 2.05) is 75.4 Å². The first-order valence-electron chi connectivity index (χ1n) is 10.3. The second-order valence-electron chi connectivity index (χ2n) is 7.87. The van der Waals surface area contributed by atoms with Gasteiger partial charge in [-0.1, -0.05) is 60.2 Å². The predicted molar refractivity (Wildman–Crippen MR) is 122 cm³/mol. The number of ether oxygens (including phenoxy) is 1. The SMILES string of the molecule is Cc1ccc(C(=O)COc2cc(C)cc3oc(=O)c(Cc4ccccc4)c(C)c23)cc1. The molecule has 156 valence electrons. The average molecular weight is 412 g/mol. The zero-order valence-corrected chi connectivity index (χ0v) is 17.9. The Labute approximate surface area is 181 Å². The van der Waals surface area contributed by atoms with Crippen molar-refractivity contribution in [3.05, 3.63) is 111 Å². The van der Waals surface area contributed by atoms with Crippen LogP contribution in [0.25, 0.3) is 11.0 Å². The second kappa shape index (κ2) is 8.60. The van der Waals surface area contributed by atoms with Crippen molar-refractivity contribution in [1.29, 1.82) is 0 Å². The monoisotopic (exact) mass is 412 g/mol. The lowest BCUT2D eigenvalue weighted by atomic mass is 9.98. The zero-order chi connectivity index (χ0) is 22.0. The highest BCUT2D eigenvalue weighted by Crippen LogP contribution is 2.31. The van der Waals surface area contributed by atoms with Crippen molar-refractivity contribution in [3.63, 3.8) is 0 Å². The van der Waals surface area contributed by atoms with Crippen LogP contribution in [0.3, 0.4) is 0 Å². The van der Waals surface area contributed by atoms with Crippen LogP contribution in [0.2, 0.25) is 0 Å². The lowest BCUT2D eigenvalue weighted by Crippen LogP contribution is -2.14. The third kappa shape index (κ3) is 4.43. The van der Waals surface area contributed by atoms with Gasteiger partial charge >= 0.3 is 5.63 Å². The Morgan fingerprint density at radius 1 is 0.903 bits per heavy atom. The van der Waals surface area contributed by atoms with Gasteiger partial charge in [0.1, 0.15) is 11.3 Å². The van der Waals surface area contributed by atoms with E-state index in [9.17, 15) is 9.59 Å². The smallest absolute Gasteiger partial charge is 0.340 e. The van der Waals surface area contributed by atoms with E-state index in [2.05, 4.69) is 0 Å². The van der Waals surface area contributed by atoms with E-state index in [-0.39, 0.29) is 18.0 Å². The van der Waals surface area contributed by atoms with Crippen LogP contribution < -0.4 is 10.4 Å². The van der Waals surface area contributed by atoms with Crippen molar-refractivity contribution in [1.82, 2.24) is 0 Å². The molecule has 4 heteroatoms. The van der Waals surface area contributed by atoms with Crippen LogP contribution in [0.4, 0.5) is 0 Å². The minimum Gasteiger partial charge on any atom is -0.485 e. The van der Waals surface area contributed by atoms with E-state index in [4.69, 9.17) is 9.15 Å². The molecule has 1 heterocycles. The Hall–Kier alpha value is -3.66. The summed E-state index contributed by atoms with van der Waals surface area (Å²) in [5.74, 6) is 0.445. The maximum Gasteiger partial charge on any atom is 0.340 e. The fourth-order valence-corrected chi connectivity index (χ4v) is 3.72. The number of fused-ring (bicyclic) bond motifs is 1. The van der Waals surface area contributed by atoms with Crippen LogP contribution in [-0.2, 0) is 6.42 Å². The highest BCUT2D eigenvalue weighted by molar-refractivity contribution is 5.97. The summed E-state index contributed by atoms with van der Waals surface area (Å²) in [4.78, 5) is 25.3. The molecule has 0 N–H and O–H groups in total. The van der Waals surface area contributed by atoms with Crippen LogP contribution >= 0.6 is 0 Å². The molecule has 0 aliphatic heterocycles. The number of hydrogen-bond donors (Lipinski definition) is 0. The number of benzene rings is 3. The fourth-order valence-electron chi connectivity index (χ4n) is 3.72. The largest absolute Gasteiger partial charge is 0.485 e. The number of carbonyl (C=O) groups is 1. The van der Waals surface area contributed by atoms with Crippen LogP contribution in [-0.4, -0.2) is 12.4 Å². The third-order valence-corrected chi connectivity index (χ3v) is 5.44. The van der Waals surface area contributed by atoms with Crippen molar-refractivity contribution in [2.24, 2.45) is 0 Å². The second-order valence-corrected chi connectivity index (χ2v) is 7.87. The van der Waals surface area contributed by atoms with Crippen LogP contribution in [0.1, 0.15) is 38.2 Å². The summed E-state index contributed by atoms with van der Waals surface area (Å²) in [6.45, 7) is 5.70. The topological polar surface area (TPSA) is 56.5 Å². The van der Waals surface area contributed by atoms with E-state index in [1.165, 1.54) is 0 Å². The van der Waals surface area contributed by atoms with Gasteiger partial charge in [-0.25, -0.2) is 4.79 Å². The first-order valence-corrected chi connectivity index (χ1v) is 10.3. The number of Topliss-reactive ketones (excluding diaryl/α,β-unsaturated/α-hetero) is 1. The summed E-state index contributed by atoms with van der Waals surface area (Å²) in [6.07, 6.45) is 0.473. The molecule has 4 rings (SSSR count). The molecule has 4 aromatic rings. The first kappa shape index (κ1) is 20.6. The normalized spacial score (nSPS) is 10.9. The molecule has 0 bridgehead atoms. The molecule has 31 heavy (non-hydrogen) atoms. The predicted octanol–water partition coefficient (Wildman–Crippen LogP) is 5.57. The molecular formula is C27H24O4. The van der Waals surface area contributed by atoms with Crippen molar-refractivity contribution >= 4 is 16.8 Å². The molecule has 1 aromatic heterocycles. The molecule has 0 radical (unpaired) electrons. The Bertz CT molecular complexity index is 1300. The molecule has 0 amide bonds. The van der Waals surface area contributed by atoms with Gasteiger partial charge in [0.15, 0.2) is 12.4 Å². The van der Waals surface area contributed by atoms with Gasteiger partial charge in [-0.3, -0.25) is 4.79 Å². The van der Waals surface area contributed by atoms with Crippen molar-refractivity contribution in [2.75, 3.05) is 6.61 Å². The molecule has 0 fully saturated rings. The maximum atomic E-state index is 12.7. The minimum absolute atomic E-state index is 0.0891. The lowest BCUT2D eigenvalue weighted by Gasteiger charge is -2.14. The summed E-state index contributed by atoms with van der Waals surface area (Å²) in [6, 6.07) is 20.9. The quantitative estimate of drug-likeness (QED) is 0.307. The average Bonchev–Trinajstić information content (AvgIpc) is 2.75. The van der Waals surface area contributed by atoms with Crippen molar-refractivity contribution < 1.29 is 13.9 Å². The maximum absolute atomic E-state index is 12.7. The highest BCUT2D eigenvalue weighted by Gasteiger charge is 2.17. The molecule has 0 spiro atoms. The summed E-state index contributed by atoms with van der Waals surface area (Å²) in [5.41, 5.74) is 5.16. The van der Waals surface area contributed by atoms with E-state index < -0.39 is 0 Å². The zero-order valence-electron chi connectivity index (χ0n) is 17.9. The molecular weight excluding hydrogens is 388 g/mol. The summed E-state index contributed by atoms with van der Waals surface area (Å²) in [7, 11) is 0. The number of hydrogen-bond acceptors (Lipinski definition) is 4. The Balaban J connectivity index is 1.70. The summed E-state index contributed by atoms with van der Waals surface area (Å²) < 4.78 is 11.6. The van der Waals surface area contributed by atoms with Gasteiger partial charge in [0.2, 0.25) is 0 Å². The lowest BCUT2D eigenvalue weighted by molar-refractivity contribution is 0.0922. The van der Waals surface area contributed by atoms with Gasteiger partial charge < -0.3 is 9.15 Å². The van der Waals surface area contributed by atoms with E-state index >= 15 is 0 Å². The molecule has 0 saturated heterocycles. The highest BCUT2D eigenvalue weighted by atomic mass is 16.5. The molecule has 0 unspecified atom stereocenters. The van der Waals surface area contributed by atoms with Crippen molar-refractivity contribution in [2.45, 2.75) is 27.2 Å². The van der Waals surface area contributed by atoms with E-state index in [1.54, 1.807) is 12.1 Å². The van der Waals surface area contributed by atoms with E-state index in [0.29, 0.717) is 28.9 Å². The molecule has 4 nitrogen and oxygen atoms in total. The molecule has 3 aromatic carbocycles. The summed E-state index contributed by atoms with van der Waals surface area (Å²) >= 11 is 0. The Kier molecular flexibility index (Phi) is 5.72. The van der Waals surface area contributed by atoms with Gasteiger partial charge in [-0.05, 0) is 49.6 Å². The standard InChI is InChI=1S/C27H24O4/c1-17-9-11-21(12-10-17)23(28)16-30-24-13-18(2)14-25-26(24)19(3)22(27(29)31-25)15-20-7-5-4-6-8-20/h4-14H,15-16H2,1-3H3. The summed E-state index contributed by atoms with van der Waals surface area (Å²) in [5, 5.41) is 0.729. The van der Waals surface area contributed by atoms with Gasteiger partial charge in [-0.15, -0.1) is 0 Å². The van der Waals surface area contributed by atoms with Crippen molar-refractivity contribution in [3.8, 4) is 5.75 Å². The first-order chi connectivity index (χ1) is 14.9. The molecule has 0 aliphatic rings. The van der Waals surface area contributed by atoms with Crippen LogP contribution in [0, 0.1) is 20.8 Å². The third-order valence-electron chi connectivity index (χ3n) is 5.44. The van der Waals surface area contributed by atoms with E-state index in [0.717, 1.165) is 27.6 Å². The molecule has 0 saturated carbocycles. The number of ketones is 1. The Morgan fingerprint density at radius 3 is 2.32 bits per heavy atom. The number of carbonyl (C=O) groups excluding carboxylic acids is 1. The molecule has 0 aliphatic carbocycles.